The fourth-order valence-corrected chi connectivity index (χ4v) is 3.91. The van der Waals surface area contributed by atoms with Crippen molar-refractivity contribution in [2.45, 2.75) is 57.5 Å². The van der Waals surface area contributed by atoms with Crippen LogP contribution in [0.25, 0.3) is 0 Å². The lowest BCUT2D eigenvalue weighted by molar-refractivity contribution is 0.328. The molecule has 0 aromatic carbocycles. The Morgan fingerprint density at radius 3 is 2.77 bits per heavy atom. The van der Waals surface area contributed by atoms with E-state index in [-0.39, 0.29) is 0 Å². The summed E-state index contributed by atoms with van der Waals surface area (Å²) in [7, 11) is 2.06. The van der Waals surface area contributed by atoms with E-state index in [1.807, 2.05) is 6.20 Å². The molecule has 1 saturated heterocycles. The van der Waals surface area contributed by atoms with Crippen molar-refractivity contribution in [3.05, 3.63) is 18.3 Å². The molecule has 4 nitrogen and oxygen atoms in total. The molecule has 2 N–H and O–H groups in total. The standard InChI is InChI=1S/C18H30N4/c1-14(15-6-4-3-5-7-15)21-18-12-17(8-10-20-18)22-11-9-16(13-22)19-2/h8,10,12,14-16,19H,3-7,9,11,13H2,1-2H3,(H,20,21)/t14?,16-/m1/s1. The maximum atomic E-state index is 4.53. The molecule has 22 heavy (non-hydrogen) atoms. The molecule has 2 atom stereocenters. The van der Waals surface area contributed by atoms with Crippen LogP contribution in [0.1, 0.15) is 45.4 Å². The molecule has 1 aliphatic carbocycles. The third kappa shape index (κ3) is 3.72. The highest BCUT2D eigenvalue weighted by atomic mass is 15.2. The quantitative estimate of drug-likeness (QED) is 0.876. The molecule has 0 amide bonds. The highest BCUT2D eigenvalue weighted by Gasteiger charge is 2.23. The fourth-order valence-electron chi connectivity index (χ4n) is 3.91. The lowest BCUT2D eigenvalue weighted by Gasteiger charge is -2.29. The summed E-state index contributed by atoms with van der Waals surface area (Å²) in [6.45, 7) is 4.54. The Kier molecular flexibility index (Phi) is 5.19. The van der Waals surface area contributed by atoms with Gasteiger partial charge >= 0.3 is 0 Å². The van der Waals surface area contributed by atoms with Gasteiger partial charge in [-0.3, -0.25) is 0 Å². The van der Waals surface area contributed by atoms with E-state index >= 15 is 0 Å². The predicted molar refractivity (Wildman–Crippen MR) is 93.6 cm³/mol. The third-order valence-corrected chi connectivity index (χ3v) is 5.44. The number of rotatable bonds is 5. The Morgan fingerprint density at radius 2 is 2.05 bits per heavy atom. The van der Waals surface area contributed by atoms with Gasteiger partial charge < -0.3 is 15.5 Å². The number of anilines is 2. The molecule has 3 rings (SSSR count). The van der Waals surface area contributed by atoms with Gasteiger partial charge in [-0.1, -0.05) is 19.3 Å². The predicted octanol–water partition coefficient (Wildman–Crippen LogP) is 3.26. The van der Waals surface area contributed by atoms with Crippen molar-refractivity contribution < 1.29 is 0 Å². The van der Waals surface area contributed by atoms with Gasteiger partial charge in [0, 0.05) is 43.1 Å². The maximum Gasteiger partial charge on any atom is 0.128 e. The Labute approximate surface area is 134 Å². The molecule has 2 heterocycles. The summed E-state index contributed by atoms with van der Waals surface area (Å²) in [5.74, 6) is 1.84. The average Bonchev–Trinajstić information content (AvgIpc) is 3.05. The van der Waals surface area contributed by atoms with Crippen LogP contribution in [0.5, 0.6) is 0 Å². The second-order valence-corrected chi connectivity index (χ2v) is 6.95. The van der Waals surface area contributed by atoms with Crippen molar-refractivity contribution >= 4 is 11.5 Å². The Morgan fingerprint density at radius 1 is 1.23 bits per heavy atom. The summed E-state index contributed by atoms with van der Waals surface area (Å²) in [6, 6.07) is 5.49. The molecular formula is C18H30N4. The molecule has 2 aliphatic rings. The number of likely N-dealkylation sites (N-methyl/N-ethyl adjacent to an activating group) is 1. The minimum absolute atomic E-state index is 0.520. The van der Waals surface area contributed by atoms with Gasteiger partial charge in [0.05, 0.1) is 0 Å². The van der Waals surface area contributed by atoms with Crippen LogP contribution in [-0.4, -0.2) is 37.2 Å². The van der Waals surface area contributed by atoms with Crippen LogP contribution in [0.15, 0.2) is 18.3 Å². The second kappa shape index (κ2) is 7.32. The van der Waals surface area contributed by atoms with Gasteiger partial charge in [-0.25, -0.2) is 4.98 Å². The maximum absolute atomic E-state index is 4.53. The Hall–Kier alpha value is -1.29. The van der Waals surface area contributed by atoms with Crippen molar-refractivity contribution in [3.63, 3.8) is 0 Å². The van der Waals surface area contributed by atoms with Crippen LogP contribution in [0.3, 0.4) is 0 Å². The summed E-state index contributed by atoms with van der Waals surface area (Å²) in [5, 5.41) is 7.03. The minimum Gasteiger partial charge on any atom is -0.370 e. The minimum atomic E-state index is 0.520. The third-order valence-electron chi connectivity index (χ3n) is 5.44. The molecule has 1 aliphatic heterocycles. The summed E-state index contributed by atoms with van der Waals surface area (Å²) in [6.07, 6.45) is 10.1. The van der Waals surface area contributed by atoms with Crippen LogP contribution in [-0.2, 0) is 0 Å². The molecule has 0 radical (unpaired) electrons. The topological polar surface area (TPSA) is 40.2 Å². The molecule has 1 aromatic heterocycles. The zero-order valence-corrected chi connectivity index (χ0v) is 14.0. The van der Waals surface area contributed by atoms with Crippen molar-refractivity contribution in [2.75, 3.05) is 30.4 Å². The van der Waals surface area contributed by atoms with Crippen LogP contribution in [0.4, 0.5) is 11.5 Å². The first-order chi connectivity index (χ1) is 10.8. The van der Waals surface area contributed by atoms with Crippen LogP contribution >= 0.6 is 0 Å². The molecule has 0 bridgehead atoms. The molecular weight excluding hydrogens is 272 g/mol. The first-order valence-corrected chi connectivity index (χ1v) is 8.91. The first-order valence-electron chi connectivity index (χ1n) is 8.91. The van der Waals surface area contributed by atoms with E-state index in [9.17, 15) is 0 Å². The van der Waals surface area contributed by atoms with E-state index < -0.39 is 0 Å². The van der Waals surface area contributed by atoms with E-state index in [1.54, 1.807) is 0 Å². The molecule has 1 saturated carbocycles. The van der Waals surface area contributed by atoms with Crippen molar-refractivity contribution in [3.8, 4) is 0 Å². The SMILES string of the molecule is CN[C@@H]1CCN(c2ccnc(NC(C)C3CCCCC3)c2)C1. The normalized spacial score (nSPS) is 24.5. The smallest absolute Gasteiger partial charge is 0.128 e. The number of hydrogen-bond acceptors (Lipinski definition) is 4. The van der Waals surface area contributed by atoms with Crippen LogP contribution < -0.4 is 15.5 Å². The molecule has 1 unspecified atom stereocenters. The van der Waals surface area contributed by atoms with E-state index in [0.717, 1.165) is 24.8 Å². The van der Waals surface area contributed by atoms with Gasteiger partial charge in [0.15, 0.2) is 0 Å². The van der Waals surface area contributed by atoms with E-state index in [1.165, 1.54) is 44.2 Å². The largest absolute Gasteiger partial charge is 0.370 e. The highest BCUT2D eigenvalue weighted by Crippen LogP contribution is 2.28. The first kappa shape index (κ1) is 15.6. The van der Waals surface area contributed by atoms with Crippen LogP contribution in [0.2, 0.25) is 0 Å². The molecule has 4 heteroatoms. The molecule has 122 valence electrons. The molecule has 2 fully saturated rings. The summed E-state index contributed by atoms with van der Waals surface area (Å²) < 4.78 is 0. The van der Waals surface area contributed by atoms with E-state index in [2.05, 4.69) is 46.6 Å². The van der Waals surface area contributed by atoms with Gasteiger partial charge in [-0.15, -0.1) is 0 Å². The zero-order chi connectivity index (χ0) is 15.4. The molecule has 1 aromatic rings. The molecule has 0 spiro atoms. The van der Waals surface area contributed by atoms with Crippen molar-refractivity contribution in [1.29, 1.82) is 0 Å². The van der Waals surface area contributed by atoms with Gasteiger partial charge in [-0.2, -0.15) is 0 Å². The number of nitrogens with one attached hydrogen (secondary N) is 2. The van der Waals surface area contributed by atoms with Gasteiger partial charge in [-0.05, 0) is 45.2 Å². The summed E-state index contributed by atoms with van der Waals surface area (Å²) in [4.78, 5) is 6.99. The van der Waals surface area contributed by atoms with Gasteiger partial charge in [0.2, 0.25) is 0 Å². The van der Waals surface area contributed by atoms with Crippen LogP contribution in [0, 0.1) is 5.92 Å². The number of pyridine rings is 1. The summed E-state index contributed by atoms with van der Waals surface area (Å²) >= 11 is 0. The van der Waals surface area contributed by atoms with Crippen molar-refractivity contribution in [1.82, 2.24) is 10.3 Å². The Balaban J connectivity index is 1.61. The lowest BCUT2D eigenvalue weighted by Crippen LogP contribution is -2.30. The number of aromatic nitrogens is 1. The average molecular weight is 302 g/mol. The second-order valence-electron chi connectivity index (χ2n) is 6.95. The number of hydrogen-bond donors (Lipinski definition) is 2. The van der Waals surface area contributed by atoms with E-state index in [4.69, 9.17) is 0 Å². The van der Waals surface area contributed by atoms with Gasteiger partial charge in [0.1, 0.15) is 5.82 Å². The zero-order valence-electron chi connectivity index (χ0n) is 14.0. The Bertz CT molecular complexity index is 470. The monoisotopic (exact) mass is 302 g/mol. The lowest BCUT2D eigenvalue weighted by atomic mass is 9.84. The number of nitrogens with zero attached hydrogens (tertiary/aromatic N) is 2. The van der Waals surface area contributed by atoms with Gasteiger partial charge in [0.25, 0.3) is 0 Å². The highest BCUT2D eigenvalue weighted by molar-refractivity contribution is 5.55. The summed E-state index contributed by atoms with van der Waals surface area (Å²) in [5.41, 5.74) is 1.30. The van der Waals surface area contributed by atoms with Crippen molar-refractivity contribution in [2.24, 2.45) is 5.92 Å². The fraction of sp³-hybridized carbons (Fsp3) is 0.722. The van der Waals surface area contributed by atoms with E-state index in [0.29, 0.717) is 12.1 Å².